The van der Waals surface area contributed by atoms with Crippen LogP contribution in [0.3, 0.4) is 0 Å². The second-order valence-corrected chi connectivity index (χ2v) is 4.70. The third-order valence-electron chi connectivity index (χ3n) is 2.10. The molecule has 0 saturated heterocycles. The fourth-order valence-electron chi connectivity index (χ4n) is 1.25. The molecule has 2 aromatic carbocycles. The van der Waals surface area contributed by atoms with Crippen LogP contribution in [-0.2, 0) is 0 Å². The third kappa shape index (κ3) is 3.32. The van der Waals surface area contributed by atoms with E-state index in [4.69, 9.17) is 16.3 Å². The molecule has 0 N–H and O–H groups in total. The highest BCUT2D eigenvalue weighted by Crippen LogP contribution is 2.18. The number of hydrogen-bond acceptors (Lipinski definition) is 2. The minimum absolute atomic E-state index is 0.399. The first-order chi connectivity index (χ1) is 8.15. The average Bonchev–Trinajstić information content (AvgIpc) is 2.33. The molecule has 0 radical (unpaired) electrons. The van der Waals surface area contributed by atoms with Crippen molar-refractivity contribution >= 4 is 33.5 Å². The van der Waals surface area contributed by atoms with Crippen molar-refractivity contribution in [1.29, 1.82) is 0 Å². The largest absolute Gasteiger partial charge is 0.423 e. The number of hydrogen-bond donors (Lipinski definition) is 0. The topological polar surface area (TPSA) is 26.3 Å². The van der Waals surface area contributed by atoms with Crippen LogP contribution in [0.1, 0.15) is 10.4 Å². The van der Waals surface area contributed by atoms with Crippen LogP contribution in [0, 0.1) is 0 Å². The Morgan fingerprint density at radius 1 is 1.00 bits per heavy atom. The fourth-order valence-corrected chi connectivity index (χ4v) is 1.64. The monoisotopic (exact) mass is 310 g/mol. The minimum Gasteiger partial charge on any atom is -0.423 e. The van der Waals surface area contributed by atoms with Crippen molar-refractivity contribution < 1.29 is 9.53 Å². The second kappa shape index (κ2) is 5.34. The van der Waals surface area contributed by atoms with Gasteiger partial charge in [0.2, 0.25) is 0 Å². The van der Waals surface area contributed by atoms with E-state index in [1.54, 1.807) is 36.4 Å². The summed E-state index contributed by atoms with van der Waals surface area (Å²) in [5.74, 6) is 0.108. The highest BCUT2D eigenvalue weighted by Gasteiger charge is 2.07. The minimum atomic E-state index is -0.399. The first-order valence-electron chi connectivity index (χ1n) is 4.88. The van der Waals surface area contributed by atoms with E-state index in [-0.39, 0.29) is 0 Å². The number of rotatable bonds is 2. The predicted octanol–water partition coefficient (Wildman–Crippen LogP) is 4.32. The van der Waals surface area contributed by atoms with E-state index in [0.29, 0.717) is 16.3 Å². The Hall–Kier alpha value is -1.32. The molecule has 0 atom stereocenters. The van der Waals surface area contributed by atoms with Gasteiger partial charge in [-0.05, 0) is 48.5 Å². The van der Waals surface area contributed by atoms with Gasteiger partial charge in [0.1, 0.15) is 5.75 Å². The lowest BCUT2D eigenvalue weighted by molar-refractivity contribution is 0.0735. The van der Waals surface area contributed by atoms with E-state index in [1.807, 2.05) is 12.1 Å². The van der Waals surface area contributed by atoms with Gasteiger partial charge in [0.15, 0.2) is 0 Å². The molecule has 0 aromatic heterocycles. The molecule has 2 nitrogen and oxygen atoms in total. The van der Waals surface area contributed by atoms with Gasteiger partial charge >= 0.3 is 5.97 Å². The second-order valence-electron chi connectivity index (χ2n) is 3.35. The zero-order chi connectivity index (χ0) is 12.3. The first-order valence-corrected chi connectivity index (χ1v) is 6.05. The molecular formula is C13H8BrClO2. The van der Waals surface area contributed by atoms with Crippen LogP contribution in [0.15, 0.2) is 53.0 Å². The molecule has 2 aromatic rings. The number of benzene rings is 2. The van der Waals surface area contributed by atoms with Gasteiger partial charge in [0, 0.05) is 9.50 Å². The molecule has 4 heteroatoms. The Bertz CT molecular complexity index is 520. The molecule has 17 heavy (non-hydrogen) atoms. The number of halogens is 2. The molecule has 0 bridgehead atoms. The van der Waals surface area contributed by atoms with Crippen molar-refractivity contribution in [3.8, 4) is 5.75 Å². The fraction of sp³-hybridized carbons (Fsp3) is 0. The SMILES string of the molecule is O=C(Oc1ccc(Br)cc1)c1ccc(Cl)cc1. The van der Waals surface area contributed by atoms with Gasteiger partial charge in [-0.1, -0.05) is 27.5 Å². The maximum absolute atomic E-state index is 11.7. The molecule has 0 saturated carbocycles. The number of carbonyl (C=O) groups is 1. The van der Waals surface area contributed by atoms with Crippen LogP contribution < -0.4 is 4.74 Å². The van der Waals surface area contributed by atoms with E-state index < -0.39 is 5.97 Å². The van der Waals surface area contributed by atoms with Gasteiger partial charge in [-0.25, -0.2) is 4.79 Å². The summed E-state index contributed by atoms with van der Waals surface area (Å²) >= 11 is 9.05. The van der Waals surface area contributed by atoms with Crippen molar-refractivity contribution in [2.24, 2.45) is 0 Å². The van der Waals surface area contributed by atoms with E-state index >= 15 is 0 Å². The summed E-state index contributed by atoms with van der Waals surface area (Å²) in [6, 6.07) is 13.6. The molecule has 0 fully saturated rings. The van der Waals surface area contributed by atoms with E-state index in [2.05, 4.69) is 15.9 Å². The predicted molar refractivity (Wildman–Crippen MR) is 70.6 cm³/mol. The number of esters is 1. The Kier molecular flexibility index (Phi) is 3.82. The molecule has 0 amide bonds. The Morgan fingerprint density at radius 3 is 2.18 bits per heavy atom. The highest BCUT2D eigenvalue weighted by molar-refractivity contribution is 9.10. The van der Waals surface area contributed by atoms with Crippen LogP contribution in [0.25, 0.3) is 0 Å². The Balaban J connectivity index is 2.11. The molecule has 0 aliphatic heterocycles. The molecule has 0 spiro atoms. The van der Waals surface area contributed by atoms with Gasteiger partial charge in [0.05, 0.1) is 5.56 Å². The zero-order valence-corrected chi connectivity index (χ0v) is 11.0. The van der Waals surface area contributed by atoms with Crippen molar-refractivity contribution in [3.63, 3.8) is 0 Å². The van der Waals surface area contributed by atoms with Gasteiger partial charge in [-0.3, -0.25) is 0 Å². The summed E-state index contributed by atoms with van der Waals surface area (Å²) in [6.07, 6.45) is 0. The first kappa shape index (κ1) is 12.1. The van der Waals surface area contributed by atoms with Crippen LogP contribution in [-0.4, -0.2) is 5.97 Å². The maximum Gasteiger partial charge on any atom is 0.343 e. The van der Waals surface area contributed by atoms with E-state index in [9.17, 15) is 4.79 Å². The summed E-state index contributed by atoms with van der Waals surface area (Å²) in [7, 11) is 0. The molecule has 0 heterocycles. The molecule has 86 valence electrons. The summed E-state index contributed by atoms with van der Waals surface area (Å²) in [6.45, 7) is 0. The summed E-state index contributed by atoms with van der Waals surface area (Å²) < 4.78 is 6.13. The van der Waals surface area contributed by atoms with E-state index in [1.165, 1.54) is 0 Å². The summed E-state index contributed by atoms with van der Waals surface area (Å²) in [5.41, 5.74) is 0.470. The van der Waals surface area contributed by atoms with Crippen LogP contribution in [0.5, 0.6) is 5.75 Å². The van der Waals surface area contributed by atoms with E-state index in [0.717, 1.165) is 4.47 Å². The van der Waals surface area contributed by atoms with Gasteiger partial charge < -0.3 is 4.74 Å². The average molecular weight is 312 g/mol. The lowest BCUT2D eigenvalue weighted by atomic mass is 10.2. The van der Waals surface area contributed by atoms with Gasteiger partial charge in [-0.2, -0.15) is 0 Å². The lowest BCUT2D eigenvalue weighted by Gasteiger charge is -2.04. The van der Waals surface area contributed by atoms with Crippen LogP contribution in [0.4, 0.5) is 0 Å². The molecular weight excluding hydrogens is 303 g/mol. The zero-order valence-electron chi connectivity index (χ0n) is 8.69. The third-order valence-corrected chi connectivity index (χ3v) is 2.88. The smallest absolute Gasteiger partial charge is 0.343 e. The lowest BCUT2D eigenvalue weighted by Crippen LogP contribution is -2.07. The Labute approximate surface area is 112 Å². The van der Waals surface area contributed by atoms with Crippen molar-refractivity contribution in [2.75, 3.05) is 0 Å². The van der Waals surface area contributed by atoms with Crippen LogP contribution >= 0.6 is 27.5 Å². The van der Waals surface area contributed by atoms with Crippen molar-refractivity contribution in [1.82, 2.24) is 0 Å². The van der Waals surface area contributed by atoms with Crippen molar-refractivity contribution in [3.05, 3.63) is 63.6 Å². The maximum atomic E-state index is 11.7. The summed E-state index contributed by atoms with van der Waals surface area (Å²) in [4.78, 5) is 11.7. The molecule has 0 aliphatic carbocycles. The summed E-state index contributed by atoms with van der Waals surface area (Å²) in [5, 5.41) is 0.588. The quantitative estimate of drug-likeness (QED) is 0.610. The number of carbonyl (C=O) groups excluding carboxylic acids is 1. The van der Waals surface area contributed by atoms with Crippen molar-refractivity contribution in [2.45, 2.75) is 0 Å². The Morgan fingerprint density at radius 2 is 1.59 bits per heavy atom. The molecule has 2 rings (SSSR count). The highest BCUT2D eigenvalue weighted by atomic mass is 79.9. The molecule has 0 aliphatic rings. The van der Waals surface area contributed by atoms with Gasteiger partial charge in [-0.15, -0.1) is 0 Å². The molecule has 0 unspecified atom stereocenters. The normalized spacial score (nSPS) is 10.0. The standard InChI is InChI=1S/C13H8BrClO2/c14-10-3-7-12(8-4-10)17-13(16)9-1-5-11(15)6-2-9/h1-8H. The van der Waals surface area contributed by atoms with Crippen LogP contribution in [0.2, 0.25) is 5.02 Å². The number of ether oxygens (including phenoxy) is 1. The van der Waals surface area contributed by atoms with Gasteiger partial charge in [0.25, 0.3) is 0 Å².